The maximum absolute atomic E-state index is 13.4. The molecule has 39 heavy (non-hydrogen) atoms. The Balaban J connectivity index is 1.13. The van der Waals surface area contributed by atoms with Crippen LogP contribution < -0.4 is 10.7 Å². The predicted molar refractivity (Wildman–Crippen MR) is 151 cm³/mol. The van der Waals surface area contributed by atoms with Gasteiger partial charge < -0.3 is 15.0 Å². The Morgan fingerprint density at radius 2 is 1.82 bits per heavy atom. The van der Waals surface area contributed by atoms with E-state index >= 15 is 0 Å². The Morgan fingerprint density at radius 3 is 2.51 bits per heavy atom. The summed E-state index contributed by atoms with van der Waals surface area (Å²) < 4.78 is 1.90. The molecular weight excluding hydrogens is 510 g/mol. The largest absolute Gasteiger partial charge is 0.390 e. The Bertz CT molecular complexity index is 1620. The van der Waals surface area contributed by atoms with Crippen molar-refractivity contribution >= 4 is 28.4 Å². The maximum Gasteiger partial charge on any atom is 0.251 e. The quantitative estimate of drug-likeness (QED) is 0.360. The van der Waals surface area contributed by atoms with Crippen LogP contribution in [0.2, 0.25) is 5.02 Å². The van der Waals surface area contributed by atoms with Crippen LogP contribution in [0.3, 0.4) is 0 Å². The monoisotopic (exact) mass is 539 g/mol. The summed E-state index contributed by atoms with van der Waals surface area (Å²) in [5.41, 5.74) is 2.35. The predicted octanol–water partition coefficient (Wildman–Crippen LogP) is 5.30. The van der Waals surface area contributed by atoms with Gasteiger partial charge in [0.15, 0.2) is 5.43 Å². The molecule has 2 aromatic carbocycles. The van der Waals surface area contributed by atoms with Gasteiger partial charge in [0.25, 0.3) is 5.91 Å². The van der Waals surface area contributed by atoms with Crippen LogP contribution in [0.1, 0.15) is 53.6 Å². The standard InChI is InChI=1S/C32H30ClN3O3/c33-25-8-9-26-27(14-25)36(28-3-1-2-10-34-28)18-24(30(26)37)11-19-4-6-21(7-5-19)31(38)35-29-22-12-20-13-23(29)17-32(39,15-20)16-22/h1-10,14,18,20,22-23,29,39H,11-13,15-17H2,(H,35,38)/t20?,22-,23+,29?,32?. The van der Waals surface area contributed by atoms with Gasteiger partial charge in [0.1, 0.15) is 5.82 Å². The molecule has 4 aliphatic rings. The summed E-state index contributed by atoms with van der Waals surface area (Å²) in [5.74, 6) is 1.98. The van der Waals surface area contributed by atoms with Crippen LogP contribution in [0.4, 0.5) is 0 Å². The average molecular weight is 540 g/mol. The first-order valence-corrected chi connectivity index (χ1v) is 14.1. The number of aliphatic hydroxyl groups is 1. The number of carbonyl (C=O) groups excluding carboxylic acids is 1. The summed E-state index contributed by atoms with van der Waals surface area (Å²) in [7, 11) is 0. The third kappa shape index (κ3) is 4.46. The lowest BCUT2D eigenvalue weighted by molar-refractivity contribution is -0.136. The van der Waals surface area contributed by atoms with E-state index in [0.29, 0.717) is 57.0 Å². The minimum absolute atomic E-state index is 0.0424. The van der Waals surface area contributed by atoms with E-state index in [4.69, 9.17) is 11.6 Å². The van der Waals surface area contributed by atoms with Crippen molar-refractivity contribution < 1.29 is 9.90 Å². The molecule has 2 heterocycles. The van der Waals surface area contributed by atoms with E-state index in [-0.39, 0.29) is 17.4 Å². The first-order valence-electron chi connectivity index (χ1n) is 13.7. The minimum atomic E-state index is -0.510. The summed E-state index contributed by atoms with van der Waals surface area (Å²) in [6, 6.07) is 18.6. The zero-order chi connectivity index (χ0) is 26.7. The molecule has 2 aromatic heterocycles. The molecule has 0 aliphatic heterocycles. The molecular formula is C32H30ClN3O3. The summed E-state index contributed by atoms with van der Waals surface area (Å²) in [5, 5.41) is 15.3. The fourth-order valence-electron chi connectivity index (χ4n) is 7.61. The van der Waals surface area contributed by atoms with Crippen molar-refractivity contribution in [2.24, 2.45) is 17.8 Å². The van der Waals surface area contributed by atoms with E-state index in [1.54, 1.807) is 24.4 Å². The number of aromatic nitrogens is 2. The summed E-state index contributed by atoms with van der Waals surface area (Å²) in [6.45, 7) is 0. The average Bonchev–Trinajstić information content (AvgIpc) is 2.92. The number of nitrogens with zero attached hydrogens (tertiary/aromatic N) is 2. The van der Waals surface area contributed by atoms with Gasteiger partial charge in [-0.3, -0.25) is 9.59 Å². The molecule has 0 spiro atoms. The third-order valence-electron chi connectivity index (χ3n) is 9.09. The van der Waals surface area contributed by atoms with Gasteiger partial charge in [-0.15, -0.1) is 0 Å². The molecule has 6 nitrogen and oxygen atoms in total. The highest BCUT2D eigenvalue weighted by atomic mass is 35.5. The number of carbonyl (C=O) groups is 1. The molecule has 4 saturated carbocycles. The molecule has 8 rings (SSSR count). The van der Waals surface area contributed by atoms with Gasteiger partial charge in [0.2, 0.25) is 0 Å². The number of fused-ring (bicyclic) bond motifs is 1. The van der Waals surface area contributed by atoms with E-state index in [9.17, 15) is 14.7 Å². The van der Waals surface area contributed by atoms with Gasteiger partial charge in [0, 0.05) is 46.4 Å². The lowest BCUT2D eigenvalue weighted by atomic mass is 9.52. The van der Waals surface area contributed by atoms with Gasteiger partial charge >= 0.3 is 0 Å². The number of halogens is 1. The highest BCUT2D eigenvalue weighted by Gasteiger charge is 2.55. The number of nitrogens with one attached hydrogen (secondary N) is 1. The number of hydrogen-bond acceptors (Lipinski definition) is 4. The fraction of sp³-hybridized carbons (Fsp3) is 0.344. The summed E-state index contributed by atoms with van der Waals surface area (Å²) >= 11 is 6.26. The Kier molecular flexibility index (Phi) is 5.87. The number of rotatable bonds is 5. The second-order valence-corrected chi connectivity index (χ2v) is 12.2. The first-order chi connectivity index (χ1) is 18.8. The molecule has 7 heteroatoms. The summed E-state index contributed by atoms with van der Waals surface area (Å²) in [6.07, 6.45) is 8.74. The molecule has 4 fully saturated rings. The van der Waals surface area contributed by atoms with Crippen LogP contribution in [0, 0.1) is 17.8 Å². The van der Waals surface area contributed by atoms with Crippen molar-refractivity contribution in [2.45, 2.75) is 50.2 Å². The molecule has 2 N–H and O–H groups in total. The van der Waals surface area contributed by atoms with Crippen molar-refractivity contribution in [3.63, 3.8) is 0 Å². The molecule has 4 bridgehead atoms. The van der Waals surface area contributed by atoms with E-state index < -0.39 is 5.60 Å². The second-order valence-electron chi connectivity index (χ2n) is 11.8. The van der Waals surface area contributed by atoms with Crippen LogP contribution >= 0.6 is 11.6 Å². The normalized spacial score (nSPS) is 27.1. The molecule has 198 valence electrons. The zero-order valence-electron chi connectivity index (χ0n) is 21.5. The van der Waals surface area contributed by atoms with E-state index in [1.165, 1.54) is 0 Å². The smallest absolute Gasteiger partial charge is 0.251 e. The molecule has 4 aromatic rings. The molecule has 1 amide bonds. The minimum Gasteiger partial charge on any atom is -0.390 e. The third-order valence-corrected chi connectivity index (χ3v) is 9.32. The number of benzene rings is 2. The van der Waals surface area contributed by atoms with Crippen LogP contribution in [0.25, 0.3) is 16.7 Å². The van der Waals surface area contributed by atoms with Gasteiger partial charge in [0.05, 0.1) is 11.1 Å². The Labute approximate surface area is 231 Å². The topological polar surface area (TPSA) is 84.2 Å². The highest BCUT2D eigenvalue weighted by molar-refractivity contribution is 6.31. The van der Waals surface area contributed by atoms with Crippen molar-refractivity contribution in [1.29, 1.82) is 0 Å². The Morgan fingerprint density at radius 1 is 1.05 bits per heavy atom. The number of hydrogen-bond donors (Lipinski definition) is 2. The van der Waals surface area contributed by atoms with Gasteiger partial charge in [-0.25, -0.2) is 4.98 Å². The molecule has 5 atom stereocenters. The fourth-order valence-corrected chi connectivity index (χ4v) is 7.78. The van der Waals surface area contributed by atoms with Crippen LogP contribution in [0.5, 0.6) is 0 Å². The van der Waals surface area contributed by atoms with E-state index in [1.807, 2.05) is 53.2 Å². The number of pyridine rings is 2. The molecule has 0 saturated heterocycles. The van der Waals surface area contributed by atoms with Crippen molar-refractivity contribution in [1.82, 2.24) is 14.9 Å². The van der Waals surface area contributed by atoms with Crippen molar-refractivity contribution in [3.05, 3.63) is 105 Å². The van der Waals surface area contributed by atoms with Gasteiger partial charge in [-0.1, -0.05) is 29.8 Å². The van der Waals surface area contributed by atoms with Crippen molar-refractivity contribution in [2.75, 3.05) is 0 Å². The van der Waals surface area contributed by atoms with Gasteiger partial charge in [-0.2, -0.15) is 0 Å². The lowest BCUT2D eigenvalue weighted by Crippen LogP contribution is -2.61. The molecule has 0 radical (unpaired) electrons. The SMILES string of the molecule is O=C(NC1[C@@H]2CC3C[C@H]1CC(O)(C3)C2)c1ccc(Cc2cn(-c3ccccn3)c3cc(Cl)ccc3c2=O)cc1. The van der Waals surface area contributed by atoms with Crippen molar-refractivity contribution in [3.8, 4) is 5.82 Å². The molecule has 4 aliphatic carbocycles. The first kappa shape index (κ1) is 24.6. The zero-order valence-corrected chi connectivity index (χ0v) is 22.3. The number of amides is 1. The Hall–Kier alpha value is -3.48. The summed E-state index contributed by atoms with van der Waals surface area (Å²) in [4.78, 5) is 31.1. The van der Waals surface area contributed by atoms with Gasteiger partial charge in [-0.05, 0) is 97.9 Å². The highest BCUT2D eigenvalue weighted by Crippen LogP contribution is 2.55. The van der Waals surface area contributed by atoms with Crippen LogP contribution in [0.15, 0.2) is 77.9 Å². The van der Waals surface area contributed by atoms with Crippen LogP contribution in [-0.4, -0.2) is 32.2 Å². The maximum atomic E-state index is 13.4. The lowest BCUT2D eigenvalue weighted by Gasteiger charge is -2.58. The second kappa shape index (κ2) is 9.32. The van der Waals surface area contributed by atoms with E-state index in [2.05, 4.69) is 10.3 Å². The molecule has 3 unspecified atom stereocenters. The van der Waals surface area contributed by atoms with Crippen LogP contribution in [-0.2, 0) is 6.42 Å². The van der Waals surface area contributed by atoms with E-state index in [0.717, 1.165) is 37.7 Å².